The van der Waals surface area contributed by atoms with Crippen molar-refractivity contribution >= 4 is 20.5 Å². The quantitative estimate of drug-likeness (QED) is 0.368. The number of ether oxygens (including phenoxy) is 1. The van der Waals surface area contributed by atoms with Gasteiger partial charge in [-0.3, -0.25) is 0 Å². The molecule has 0 spiro atoms. The molecule has 3 nitrogen and oxygen atoms in total. The summed E-state index contributed by atoms with van der Waals surface area (Å²) in [6.07, 6.45) is 0. The third-order valence-electron chi connectivity index (χ3n) is 1.42. The molecule has 0 N–H and O–H groups in total. The van der Waals surface area contributed by atoms with Crippen LogP contribution in [0.15, 0.2) is 29.2 Å². The molecule has 0 aliphatic rings. The van der Waals surface area contributed by atoms with Gasteiger partial charge in [0.25, 0.3) is 0 Å². The summed E-state index contributed by atoms with van der Waals surface area (Å²) in [7, 11) is -3.51. The summed E-state index contributed by atoms with van der Waals surface area (Å²) in [5, 5.41) is 0. The topological polar surface area (TPSA) is 43.4 Å². The molecule has 6 heteroatoms. The Hall–Kier alpha value is 0.956. The van der Waals surface area contributed by atoms with Gasteiger partial charge >= 0.3 is 51.4 Å². The smallest absolute Gasteiger partial charge is 0.644 e. The van der Waals surface area contributed by atoms with Crippen molar-refractivity contribution in [2.24, 2.45) is 0 Å². The van der Waals surface area contributed by atoms with E-state index in [1.165, 1.54) is 12.1 Å². The van der Waals surface area contributed by atoms with Crippen molar-refractivity contribution in [2.45, 2.75) is 11.8 Å². The maximum Gasteiger partial charge on any atom is 1.00 e. The standard InChI is InChI=1S/C8H10O3S2.K/c1-2-11-7-3-5-8(6-4-7)13(9,10)12;/h3-6H,2H2,1H3,(H,9,10,12);/q;+1/p-1. The minimum absolute atomic E-state index is 0. The van der Waals surface area contributed by atoms with Gasteiger partial charge in [-0.1, -0.05) is 0 Å². The minimum Gasteiger partial charge on any atom is -0.644 e. The zero-order chi connectivity index (χ0) is 9.90. The predicted molar refractivity (Wildman–Crippen MR) is 52.2 cm³/mol. The van der Waals surface area contributed by atoms with E-state index in [0.29, 0.717) is 12.4 Å². The van der Waals surface area contributed by atoms with Gasteiger partial charge in [-0.25, -0.2) is 8.42 Å². The molecule has 0 fully saturated rings. The van der Waals surface area contributed by atoms with Gasteiger partial charge in [-0.2, -0.15) is 0 Å². The molecule has 0 aliphatic heterocycles. The van der Waals surface area contributed by atoms with E-state index < -0.39 is 8.87 Å². The van der Waals surface area contributed by atoms with Crippen LogP contribution in [0.1, 0.15) is 6.92 Å². The largest absolute Gasteiger partial charge is 1.00 e. The summed E-state index contributed by atoms with van der Waals surface area (Å²) in [6, 6.07) is 6.05. The molecule has 0 saturated heterocycles. The molecule has 0 aromatic heterocycles. The zero-order valence-corrected chi connectivity index (χ0v) is 12.8. The van der Waals surface area contributed by atoms with Crippen LogP contribution in [0.25, 0.3) is 0 Å². The molecule has 0 unspecified atom stereocenters. The third kappa shape index (κ3) is 4.65. The number of hydrogen-bond donors (Lipinski definition) is 0. The molecular weight excluding hydrogens is 247 g/mol. The van der Waals surface area contributed by atoms with Gasteiger partial charge in [0.15, 0.2) is 0 Å². The van der Waals surface area contributed by atoms with Gasteiger partial charge in [0, 0.05) is 4.90 Å². The van der Waals surface area contributed by atoms with Gasteiger partial charge in [-0.15, -0.1) is 0 Å². The van der Waals surface area contributed by atoms with Crippen LogP contribution < -0.4 is 56.1 Å². The summed E-state index contributed by atoms with van der Waals surface area (Å²) >= 11 is 4.29. The first-order valence-corrected chi connectivity index (χ1v) is 6.13. The van der Waals surface area contributed by atoms with Crippen LogP contribution >= 0.6 is 0 Å². The SMILES string of the molecule is CCOc1ccc(S(=O)(=O)[S-])cc1.[K+]. The van der Waals surface area contributed by atoms with Crippen molar-refractivity contribution in [1.29, 1.82) is 0 Å². The summed E-state index contributed by atoms with van der Waals surface area (Å²) in [4.78, 5) is 0.131. The second-order valence-corrected chi connectivity index (χ2v) is 5.05. The molecule has 72 valence electrons. The Kier molecular flexibility index (Phi) is 6.97. The number of hydrogen-bond acceptors (Lipinski definition) is 4. The summed E-state index contributed by atoms with van der Waals surface area (Å²) < 4.78 is 26.9. The van der Waals surface area contributed by atoms with Crippen LogP contribution in [-0.4, -0.2) is 15.0 Å². The summed E-state index contributed by atoms with van der Waals surface area (Å²) in [5.41, 5.74) is 0. The van der Waals surface area contributed by atoms with Gasteiger partial charge in [0.2, 0.25) is 0 Å². The number of rotatable bonds is 3. The Balaban J connectivity index is 0.00000169. The van der Waals surface area contributed by atoms with Crippen LogP contribution in [0.3, 0.4) is 0 Å². The molecule has 1 rings (SSSR count). The summed E-state index contributed by atoms with van der Waals surface area (Å²) in [6.45, 7) is 2.41. The average molecular weight is 256 g/mol. The van der Waals surface area contributed by atoms with E-state index in [1.54, 1.807) is 12.1 Å². The maximum absolute atomic E-state index is 10.9. The van der Waals surface area contributed by atoms with E-state index >= 15 is 0 Å². The molecule has 0 heterocycles. The van der Waals surface area contributed by atoms with Crippen molar-refractivity contribution in [3.05, 3.63) is 24.3 Å². The maximum atomic E-state index is 10.9. The van der Waals surface area contributed by atoms with E-state index in [2.05, 4.69) is 11.7 Å². The Bertz CT molecular complexity index is 372. The van der Waals surface area contributed by atoms with Crippen LogP contribution in [0.5, 0.6) is 5.75 Å². The molecule has 0 aliphatic carbocycles. The monoisotopic (exact) mass is 256 g/mol. The molecule has 1 aromatic rings. The van der Waals surface area contributed by atoms with Crippen molar-refractivity contribution in [2.75, 3.05) is 6.61 Å². The molecule has 0 amide bonds. The zero-order valence-electron chi connectivity index (χ0n) is 8.06. The second-order valence-electron chi connectivity index (χ2n) is 2.36. The van der Waals surface area contributed by atoms with Gasteiger partial charge in [-0.05, 0) is 31.2 Å². The van der Waals surface area contributed by atoms with E-state index in [9.17, 15) is 8.42 Å². The molecule has 0 atom stereocenters. The van der Waals surface area contributed by atoms with Crippen LogP contribution in [0.4, 0.5) is 0 Å². The van der Waals surface area contributed by atoms with Crippen LogP contribution in [0.2, 0.25) is 0 Å². The van der Waals surface area contributed by atoms with Crippen molar-refractivity contribution in [3.63, 3.8) is 0 Å². The molecular formula is C8H9KO3S2. The van der Waals surface area contributed by atoms with Crippen molar-refractivity contribution < 1.29 is 64.5 Å². The molecule has 1 aromatic carbocycles. The fourth-order valence-electron chi connectivity index (χ4n) is 0.869. The van der Waals surface area contributed by atoms with E-state index in [4.69, 9.17) is 4.74 Å². The molecule has 0 saturated carbocycles. The Morgan fingerprint density at radius 3 is 2.14 bits per heavy atom. The Labute approximate surface area is 131 Å². The second kappa shape index (κ2) is 6.52. The van der Waals surface area contributed by atoms with Gasteiger partial charge in [0.05, 0.1) is 15.5 Å². The van der Waals surface area contributed by atoms with Crippen LogP contribution in [0, 0.1) is 0 Å². The van der Waals surface area contributed by atoms with E-state index in [0.717, 1.165) is 0 Å². The normalized spacial score (nSPS) is 10.4. The van der Waals surface area contributed by atoms with E-state index in [-0.39, 0.29) is 56.3 Å². The third-order valence-corrected chi connectivity index (χ3v) is 2.85. The average Bonchev–Trinajstić information content (AvgIpc) is 2.04. The van der Waals surface area contributed by atoms with Crippen molar-refractivity contribution in [1.82, 2.24) is 0 Å². The molecule has 0 radical (unpaired) electrons. The number of benzene rings is 1. The van der Waals surface area contributed by atoms with Gasteiger partial charge < -0.3 is 16.4 Å². The van der Waals surface area contributed by atoms with Crippen molar-refractivity contribution in [3.8, 4) is 5.75 Å². The summed E-state index contributed by atoms with van der Waals surface area (Å²) in [5.74, 6) is 0.643. The van der Waals surface area contributed by atoms with Gasteiger partial charge in [0.1, 0.15) is 5.75 Å². The van der Waals surface area contributed by atoms with E-state index in [1.807, 2.05) is 6.92 Å². The molecule has 14 heavy (non-hydrogen) atoms. The molecule has 0 bridgehead atoms. The Morgan fingerprint density at radius 2 is 1.79 bits per heavy atom. The predicted octanol–water partition coefficient (Wildman–Crippen LogP) is -1.68. The fraction of sp³-hybridized carbons (Fsp3) is 0.250. The minimum atomic E-state index is -3.51. The van der Waals surface area contributed by atoms with Crippen LogP contribution in [-0.2, 0) is 20.5 Å². The fourth-order valence-corrected chi connectivity index (χ4v) is 1.67. The Morgan fingerprint density at radius 1 is 1.29 bits per heavy atom. The first-order chi connectivity index (χ1) is 6.04. The first kappa shape index (κ1) is 15.0. The first-order valence-electron chi connectivity index (χ1n) is 3.73.